The number of halogens is 1. The molecular weight excluding hydrogens is 450 g/mol. The van der Waals surface area contributed by atoms with E-state index in [1.54, 1.807) is 17.8 Å². The van der Waals surface area contributed by atoms with Gasteiger partial charge in [-0.05, 0) is 66.2 Å². The van der Waals surface area contributed by atoms with E-state index in [-0.39, 0.29) is 5.91 Å². The van der Waals surface area contributed by atoms with E-state index < -0.39 is 0 Å². The summed E-state index contributed by atoms with van der Waals surface area (Å²) >= 11 is 7.83. The molecule has 4 aromatic rings. The maximum Gasteiger partial charge on any atom is 0.257 e. The highest BCUT2D eigenvalue weighted by atomic mass is 35.5. The van der Waals surface area contributed by atoms with Crippen LogP contribution in [0.15, 0.2) is 96.0 Å². The zero-order valence-electron chi connectivity index (χ0n) is 18.0. The van der Waals surface area contributed by atoms with Crippen LogP contribution in [0.5, 0.6) is 0 Å². The maximum absolute atomic E-state index is 12.8. The van der Waals surface area contributed by atoms with Gasteiger partial charge in [0.05, 0.1) is 22.0 Å². The summed E-state index contributed by atoms with van der Waals surface area (Å²) in [6.07, 6.45) is 6.15. The fraction of sp³-hybridized carbons (Fsp3) is 0.0741. The van der Waals surface area contributed by atoms with Crippen molar-refractivity contribution in [2.75, 3.05) is 28.3 Å². The van der Waals surface area contributed by atoms with Crippen molar-refractivity contribution in [2.24, 2.45) is 0 Å². The second kappa shape index (κ2) is 9.22. The van der Waals surface area contributed by atoms with Crippen molar-refractivity contribution in [3.8, 4) is 0 Å². The Morgan fingerprint density at radius 1 is 1.03 bits per heavy atom. The molecule has 33 heavy (non-hydrogen) atoms. The lowest BCUT2D eigenvalue weighted by atomic mass is 10.1. The summed E-state index contributed by atoms with van der Waals surface area (Å²) < 4.78 is 0. The van der Waals surface area contributed by atoms with Crippen LogP contribution in [0.2, 0.25) is 5.02 Å². The highest BCUT2D eigenvalue weighted by molar-refractivity contribution is 7.98. The highest BCUT2D eigenvalue weighted by Gasteiger charge is 2.17. The average molecular weight is 472 g/mol. The normalized spacial score (nSPS) is 12.7. The van der Waals surface area contributed by atoms with Crippen LogP contribution in [-0.4, -0.2) is 18.7 Å². The molecule has 0 aromatic heterocycles. The molecule has 1 aliphatic heterocycles. The number of nitrogens with zero attached hydrogens (tertiary/aromatic N) is 1. The van der Waals surface area contributed by atoms with Crippen molar-refractivity contribution >= 4 is 62.8 Å². The topological polar surface area (TPSA) is 44.4 Å². The van der Waals surface area contributed by atoms with Gasteiger partial charge >= 0.3 is 0 Å². The number of anilines is 4. The lowest BCUT2D eigenvalue weighted by Crippen LogP contribution is -2.13. The van der Waals surface area contributed by atoms with Crippen molar-refractivity contribution in [2.45, 2.75) is 4.90 Å². The van der Waals surface area contributed by atoms with Gasteiger partial charge in [0.2, 0.25) is 0 Å². The van der Waals surface area contributed by atoms with E-state index in [2.05, 4.69) is 64.2 Å². The lowest BCUT2D eigenvalue weighted by Gasteiger charge is -2.23. The van der Waals surface area contributed by atoms with E-state index in [9.17, 15) is 4.79 Å². The maximum atomic E-state index is 12.8. The molecule has 1 amide bonds. The van der Waals surface area contributed by atoms with Crippen LogP contribution < -0.4 is 15.5 Å². The number of fused-ring (bicyclic) bond motifs is 3. The number of amides is 1. The SMILES string of the molecule is CSc1ccc(Cl)c(C(=O)Nc2ccc(N3C=CCNc4c3ccc3ccccc43)cc2)c1. The second-order valence-corrected chi connectivity index (χ2v) is 8.95. The lowest BCUT2D eigenvalue weighted by molar-refractivity contribution is 0.102. The van der Waals surface area contributed by atoms with Gasteiger partial charge in [0.25, 0.3) is 5.91 Å². The standard InChI is InChI=1S/C27H22ClN3OS/c1-33-21-12-13-24(28)23(17-21)27(32)30-19-8-10-20(11-9-19)31-16-4-15-29-26-22-6-3-2-5-18(22)7-14-25(26)31/h2-14,16-17,29H,15H2,1H3,(H,30,32). The van der Waals surface area contributed by atoms with Crippen molar-refractivity contribution in [3.63, 3.8) is 0 Å². The number of carbonyl (C=O) groups is 1. The minimum Gasteiger partial charge on any atom is -0.379 e. The highest BCUT2D eigenvalue weighted by Crippen LogP contribution is 2.39. The third kappa shape index (κ3) is 4.30. The number of hydrogen-bond donors (Lipinski definition) is 2. The summed E-state index contributed by atoms with van der Waals surface area (Å²) in [7, 11) is 0. The van der Waals surface area contributed by atoms with Gasteiger partial charge in [0, 0.05) is 34.4 Å². The number of thioether (sulfide) groups is 1. The minimum atomic E-state index is -0.223. The zero-order chi connectivity index (χ0) is 22.8. The van der Waals surface area contributed by atoms with Gasteiger partial charge in [-0.2, -0.15) is 0 Å². The first-order chi connectivity index (χ1) is 16.1. The van der Waals surface area contributed by atoms with E-state index in [1.165, 1.54) is 10.8 Å². The summed E-state index contributed by atoms with van der Waals surface area (Å²) in [6, 6.07) is 26.0. The molecule has 0 radical (unpaired) electrons. The zero-order valence-corrected chi connectivity index (χ0v) is 19.6. The first kappa shape index (κ1) is 21.4. The first-order valence-electron chi connectivity index (χ1n) is 10.6. The Bertz CT molecular complexity index is 1370. The summed E-state index contributed by atoms with van der Waals surface area (Å²) in [4.78, 5) is 15.9. The molecule has 4 nitrogen and oxygen atoms in total. The predicted octanol–water partition coefficient (Wildman–Crippen LogP) is 7.54. The van der Waals surface area contributed by atoms with Crippen molar-refractivity contribution in [3.05, 3.63) is 102 Å². The van der Waals surface area contributed by atoms with Gasteiger partial charge in [-0.1, -0.05) is 41.9 Å². The van der Waals surface area contributed by atoms with Gasteiger partial charge in [-0.3, -0.25) is 4.79 Å². The molecule has 6 heteroatoms. The van der Waals surface area contributed by atoms with Gasteiger partial charge in [0.15, 0.2) is 0 Å². The molecule has 0 spiro atoms. The van der Waals surface area contributed by atoms with Crippen LogP contribution in [0.4, 0.5) is 22.7 Å². The quantitative estimate of drug-likeness (QED) is 0.302. The summed E-state index contributed by atoms with van der Waals surface area (Å²) in [5.41, 5.74) is 4.38. The smallest absolute Gasteiger partial charge is 0.257 e. The Balaban J connectivity index is 1.42. The van der Waals surface area contributed by atoms with Crippen molar-refractivity contribution in [1.82, 2.24) is 0 Å². The third-order valence-electron chi connectivity index (χ3n) is 5.64. The molecule has 164 valence electrons. The summed E-state index contributed by atoms with van der Waals surface area (Å²) in [6.45, 7) is 0.752. The van der Waals surface area contributed by atoms with Crippen LogP contribution in [0.25, 0.3) is 10.8 Å². The van der Waals surface area contributed by atoms with Gasteiger partial charge < -0.3 is 15.5 Å². The van der Waals surface area contributed by atoms with Crippen molar-refractivity contribution < 1.29 is 4.79 Å². The van der Waals surface area contributed by atoms with Crippen LogP contribution >= 0.6 is 23.4 Å². The largest absolute Gasteiger partial charge is 0.379 e. The second-order valence-electron chi connectivity index (χ2n) is 7.66. The van der Waals surface area contributed by atoms with Gasteiger partial charge in [0.1, 0.15) is 0 Å². The van der Waals surface area contributed by atoms with E-state index in [4.69, 9.17) is 11.6 Å². The molecule has 0 fully saturated rings. The molecule has 0 aliphatic carbocycles. The Hall–Kier alpha value is -3.41. The molecule has 0 atom stereocenters. The van der Waals surface area contributed by atoms with Crippen molar-refractivity contribution in [1.29, 1.82) is 0 Å². The number of nitrogens with one attached hydrogen (secondary N) is 2. The van der Waals surface area contributed by atoms with E-state index in [1.807, 2.05) is 42.7 Å². The molecule has 1 heterocycles. The van der Waals surface area contributed by atoms with Crippen LogP contribution in [0, 0.1) is 0 Å². The monoisotopic (exact) mass is 471 g/mol. The van der Waals surface area contributed by atoms with Crippen LogP contribution in [0.1, 0.15) is 10.4 Å². The van der Waals surface area contributed by atoms with E-state index in [0.717, 1.165) is 28.5 Å². The van der Waals surface area contributed by atoms with E-state index in [0.29, 0.717) is 16.3 Å². The molecule has 0 bridgehead atoms. The molecule has 0 saturated heterocycles. The molecule has 0 saturated carbocycles. The molecule has 4 aromatic carbocycles. The molecule has 1 aliphatic rings. The Morgan fingerprint density at radius 2 is 1.85 bits per heavy atom. The number of hydrogen-bond acceptors (Lipinski definition) is 4. The third-order valence-corrected chi connectivity index (χ3v) is 6.69. The Morgan fingerprint density at radius 3 is 2.67 bits per heavy atom. The average Bonchev–Trinajstić information content (AvgIpc) is 3.07. The summed E-state index contributed by atoms with van der Waals surface area (Å²) in [5, 5.41) is 9.32. The molecular formula is C27H22ClN3OS. The van der Waals surface area contributed by atoms with Gasteiger partial charge in [-0.25, -0.2) is 0 Å². The van der Waals surface area contributed by atoms with Crippen LogP contribution in [0.3, 0.4) is 0 Å². The number of benzene rings is 4. The summed E-state index contributed by atoms with van der Waals surface area (Å²) in [5.74, 6) is -0.223. The fourth-order valence-electron chi connectivity index (χ4n) is 3.98. The minimum absolute atomic E-state index is 0.223. The fourth-order valence-corrected chi connectivity index (χ4v) is 4.62. The van der Waals surface area contributed by atoms with E-state index >= 15 is 0 Å². The Labute approximate surface area is 202 Å². The first-order valence-corrected chi connectivity index (χ1v) is 12.2. The molecule has 0 unspecified atom stereocenters. The number of carbonyl (C=O) groups excluding carboxylic acids is 1. The number of rotatable bonds is 4. The predicted molar refractivity (Wildman–Crippen MR) is 141 cm³/mol. The van der Waals surface area contributed by atoms with Gasteiger partial charge in [-0.15, -0.1) is 11.8 Å². The van der Waals surface area contributed by atoms with Crippen LogP contribution in [-0.2, 0) is 0 Å². The molecule has 5 rings (SSSR count). The Kier molecular flexibility index (Phi) is 5.99. The molecule has 2 N–H and O–H groups in total.